The number of hydrogen-bond acceptors (Lipinski definition) is 2. The van der Waals surface area contributed by atoms with Crippen molar-refractivity contribution in [1.82, 2.24) is 0 Å². The molecule has 3 N–H and O–H groups in total. The molecule has 0 aromatic heterocycles. The quantitative estimate of drug-likeness (QED) is 0.847. The molecule has 2 nitrogen and oxygen atoms in total. The molecule has 0 fully saturated rings. The van der Waals surface area contributed by atoms with Crippen LogP contribution in [0.2, 0.25) is 0 Å². The maximum atomic E-state index is 13.0. The standard InChI is InChI=1S/C14H15FN2/c15-13-3-1-2-12(8-13)10-17-14-6-4-11(9-16)5-7-14/h1-8,17H,9-10,16H2. The van der Waals surface area contributed by atoms with Crippen LogP contribution in [0.5, 0.6) is 0 Å². The molecule has 0 atom stereocenters. The Hall–Kier alpha value is -1.87. The van der Waals surface area contributed by atoms with Gasteiger partial charge in [-0.05, 0) is 35.4 Å². The fourth-order valence-electron chi connectivity index (χ4n) is 1.61. The Kier molecular flexibility index (Phi) is 3.73. The second kappa shape index (κ2) is 5.46. The van der Waals surface area contributed by atoms with Gasteiger partial charge in [0.2, 0.25) is 0 Å². The van der Waals surface area contributed by atoms with Crippen molar-refractivity contribution in [3.8, 4) is 0 Å². The van der Waals surface area contributed by atoms with Crippen LogP contribution < -0.4 is 11.1 Å². The zero-order valence-corrected chi connectivity index (χ0v) is 9.49. The van der Waals surface area contributed by atoms with Crippen LogP contribution in [-0.4, -0.2) is 0 Å². The topological polar surface area (TPSA) is 38.0 Å². The van der Waals surface area contributed by atoms with Gasteiger partial charge in [-0.15, -0.1) is 0 Å². The Balaban J connectivity index is 1.97. The zero-order chi connectivity index (χ0) is 12.1. The molecule has 0 unspecified atom stereocenters. The maximum absolute atomic E-state index is 13.0. The molecule has 2 aromatic rings. The second-order valence-electron chi connectivity index (χ2n) is 3.88. The summed E-state index contributed by atoms with van der Waals surface area (Å²) in [7, 11) is 0. The molecule has 0 aliphatic heterocycles. The van der Waals surface area contributed by atoms with Crippen molar-refractivity contribution in [2.24, 2.45) is 5.73 Å². The molecule has 2 rings (SSSR count). The zero-order valence-electron chi connectivity index (χ0n) is 9.49. The van der Waals surface area contributed by atoms with Crippen molar-refractivity contribution in [3.63, 3.8) is 0 Å². The monoisotopic (exact) mass is 230 g/mol. The molecule has 0 bridgehead atoms. The van der Waals surface area contributed by atoms with Crippen molar-refractivity contribution >= 4 is 5.69 Å². The molecule has 88 valence electrons. The number of hydrogen-bond donors (Lipinski definition) is 2. The molecular weight excluding hydrogens is 215 g/mol. The van der Waals surface area contributed by atoms with E-state index < -0.39 is 0 Å². The van der Waals surface area contributed by atoms with Gasteiger partial charge in [-0.3, -0.25) is 0 Å². The average Bonchev–Trinajstić information content (AvgIpc) is 2.37. The van der Waals surface area contributed by atoms with E-state index in [2.05, 4.69) is 5.32 Å². The summed E-state index contributed by atoms with van der Waals surface area (Å²) in [4.78, 5) is 0. The normalized spacial score (nSPS) is 10.2. The fraction of sp³-hybridized carbons (Fsp3) is 0.143. The van der Waals surface area contributed by atoms with Crippen LogP contribution in [0.15, 0.2) is 48.5 Å². The molecular formula is C14H15FN2. The number of rotatable bonds is 4. The Morgan fingerprint density at radius 2 is 1.76 bits per heavy atom. The first-order chi connectivity index (χ1) is 8.28. The number of halogens is 1. The Morgan fingerprint density at radius 3 is 2.41 bits per heavy atom. The van der Waals surface area contributed by atoms with E-state index in [0.29, 0.717) is 13.1 Å². The predicted octanol–water partition coefficient (Wildman–Crippen LogP) is 2.90. The van der Waals surface area contributed by atoms with Gasteiger partial charge in [-0.2, -0.15) is 0 Å². The van der Waals surface area contributed by atoms with Crippen LogP contribution in [0, 0.1) is 5.82 Å². The van der Waals surface area contributed by atoms with Gasteiger partial charge < -0.3 is 11.1 Å². The number of anilines is 1. The number of nitrogens with two attached hydrogens (primary N) is 1. The summed E-state index contributed by atoms with van der Waals surface area (Å²) < 4.78 is 13.0. The van der Waals surface area contributed by atoms with Gasteiger partial charge in [-0.25, -0.2) is 4.39 Å². The SMILES string of the molecule is NCc1ccc(NCc2cccc(F)c2)cc1. The lowest BCUT2D eigenvalue weighted by atomic mass is 10.2. The molecule has 0 heterocycles. The summed E-state index contributed by atoms with van der Waals surface area (Å²) in [5, 5.41) is 3.23. The highest BCUT2D eigenvalue weighted by atomic mass is 19.1. The van der Waals surface area contributed by atoms with Crippen molar-refractivity contribution in [3.05, 3.63) is 65.5 Å². The highest BCUT2D eigenvalue weighted by Gasteiger charge is 1.96. The summed E-state index contributed by atoms with van der Waals surface area (Å²) in [6.45, 7) is 1.16. The second-order valence-corrected chi connectivity index (χ2v) is 3.88. The molecule has 3 heteroatoms. The number of nitrogens with one attached hydrogen (secondary N) is 1. The average molecular weight is 230 g/mol. The summed E-state index contributed by atoms with van der Waals surface area (Å²) in [5.74, 6) is -0.206. The molecule has 0 aliphatic carbocycles. The molecule has 17 heavy (non-hydrogen) atoms. The van der Waals surface area contributed by atoms with Gasteiger partial charge in [0.15, 0.2) is 0 Å². The number of benzene rings is 2. The molecule has 0 radical (unpaired) electrons. The third-order valence-electron chi connectivity index (χ3n) is 2.58. The largest absolute Gasteiger partial charge is 0.381 e. The van der Waals surface area contributed by atoms with Gasteiger partial charge in [0.05, 0.1) is 0 Å². The fourth-order valence-corrected chi connectivity index (χ4v) is 1.61. The van der Waals surface area contributed by atoms with Crippen molar-refractivity contribution in [2.45, 2.75) is 13.1 Å². The predicted molar refractivity (Wildman–Crippen MR) is 68.1 cm³/mol. The van der Waals surface area contributed by atoms with Crippen molar-refractivity contribution in [2.75, 3.05) is 5.32 Å². The highest BCUT2D eigenvalue weighted by Crippen LogP contribution is 2.11. The molecule has 0 saturated carbocycles. The maximum Gasteiger partial charge on any atom is 0.123 e. The van der Waals surface area contributed by atoms with Crippen LogP contribution in [-0.2, 0) is 13.1 Å². The Labute approximate surface area is 100 Å². The van der Waals surface area contributed by atoms with Crippen molar-refractivity contribution in [1.29, 1.82) is 0 Å². The first-order valence-electron chi connectivity index (χ1n) is 5.55. The first-order valence-corrected chi connectivity index (χ1v) is 5.55. The minimum absolute atomic E-state index is 0.206. The molecule has 2 aromatic carbocycles. The van der Waals surface area contributed by atoms with E-state index in [9.17, 15) is 4.39 Å². The van der Waals surface area contributed by atoms with Crippen LogP contribution in [0.3, 0.4) is 0 Å². The smallest absolute Gasteiger partial charge is 0.123 e. The van der Waals surface area contributed by atoms with Gasteiger partial charge in [0, 0.05) is 18.8 Å². The molecule has 0 spiro atoms. The lowest BCUT2D eigenvalue weighted by Gasteiger charge is -2.07. The van der Waals surface area contributed by atoms with Gasteiger partial charge in [0.1, 0.15) is 5.82 Å². The molecule has 0 saturated heterocycles. The van der Waals surface area contributed by atoms with Crippen LogP contribution in [0.1, 0.15) is 11.1 Å². The van der Waals surface area contributed by atoms with Gasteiger partial charge in [-0.1, -0.05) is 24.3 Å². The van der Waals surface area contributed by atoms with E-state index in [1.807, 2.05) is 30.3 Å². The summed E-state index contributed by atoms with van der Waals surface area (Å²) in [6, 6.07) is 14.5. The van der Waals surface area contributed by atoms with Crippen LogP contribution in [0.25, 0.3) is 0 Å². The van der Waals surface area contributed by atoms with E-state index in [-0.39, 0.29) is 5.82 Å². The van der Waals surface area contributed by atoms with E-state index in [4.69, 9.17) is 5.73 Å². The third-order valence-corrected chi connectivity index (χ3v) is 2.58. The van der Waals surface area contributed by atoms with E-state index in [1.54, 1.807) is 6.07 Å². The molecule has 0 aliphatic rings. The molecule has 0 amide bonds. The highest BCUT2D eigenvalue weighted by molar-refractivity contribution is 5.45. The van der Waals surface area contributed by atoms with E-state index >= 15 is 0 Å². The van der Waals surface area contributed by atoms with Crippen LogP contribution >= 0.6 is 0 Å². The van der Waals surface area contributed by atoms with Crippen LogP contribution in [0.4, 0.5) is 10.1 Å². The summed E-state index contributed by atoms with van der Waals surface area (Å²) in [5.41, 5.74) is 8.55. The minimum atomic E-state index is -0.206. The summed E-state index contributed by atoms with van der Waals surface area (Å²) >= 11 is 0. The lowest BCUT2D eigenvalue weighted by Crippen LogP contribution is -2.00. The van der Waals surface area contributed by atoms with E-state index in [1.165, 1.54) is 12.1 Å². The van der Waals surface area contributed by atoms with E-state index in [0.717, 1.165) is 16.8 Å². The minimum Gasteiger partial charge on any atom is -0.381 e. The Morgan fingerprint density at radius 1 is 1.00 bits per heavy atom. The first kappa shape index (κ1) is 11.6. The summed E-state index contributed by atoms with van der Waals surface area (Å²) in [6.07, 6.45) is 0. The Bertz CT molecular complexity index is 480. The van der Waals surface area contributed by atoms with Gasteiger partial charge >= 0.3 is 0 Å². The lowest BCUT2D eigenvalue weighted by molar-refractivity contribution is 0.626. The van der Waals surface area contributed by atoms with Crippen molar-refractivity contribution < 1.29 is 4.39 Å². The third kappa shape index (κ3) is 3.29. The van der Waals surface area contributed by atoms with Gasteiger partial charge in [0.25, 0.3) is 0 Å².